The van der Waals surface area contributed by atoms with Crippen molar-refractivity contribution in [2.45, 2.75) is 19.4 Å². The Kier molecular flexibility index (Phi) is 3.88. The van der Waals surface area contributed by atoms with E-state index in [1.807, 2.05) is 25.1 Å². The Hall–Kier alpha value is -0.620. The summed E-state index contributed by atoms with van der Waals surface area (Å²) in [6.07, 6.45) is -0.0286. The lowest BCUT2D eigenvalue weighted by atomic mass is 10.0. The van der Waals surface area contributed by atoms with Crippen molar-refractivity contribution in [1.29, 1.82) is 0 Å². The highest BCUT2D eigenvalue weighted by Gasteiger charge is 2.10. The maximum Gasteiger partial charge on any atom is 0.305 e. The average molecular weight is 305 g/mol. The predicted molar refractivity (Wildman–Crippen MR) is 63.1 cm³/mol. The van der Waals surface area contributed by atoms with Gasteiger partial charge >= 0.3 is 5.97 Å². The summed E-state index contributed by atoms with van der Waals surface area (Å²) in [5.74, 6) is -0.868. The van der Waals surface area contributed by atoms with Crippen molar-refractivity contribution in [1.82, 2.24) is 0 Å². The quantitative estimate of drug-likeness (QED) is 0.840. The van der Waals surface area contributed by atoms with Crippen LogP contribution in [0.1, 0.15) is 23.6 Å². The van der Waals surface area contributed by atoms with E-state index in [-0.39, 0.29) is 6.42 Å². The fraction of sp³-hybridized carbons (Fsp3) is 0.300. The molecule has 4 heteroatoms. The van der Waals surface area contributed by atoms with Gasteiger partial charge in [-0.05, 0) is 46.7 Å². The van der Waals surface area contributed by atoms with Crippen LogP contribution in [0.25, 0.3) is 0 Å². The molecule has 14 heavy (non-hydrogen) atoms. The standard InChI is InChI=1S/C10H12INO2/c1-6-2-3-7(4-8(6)11)9(12)5-10(13)14/h2-4,9H,5,12H2,1H3,(H,13,14)/t9-/m0/s1. The lowest BCUT2D eigenvalue weighted by molar-refractivity contribution is -0.137. The van der Waals surface area contributed by atoms with Crippen LogP contribution in [0.4, 0.5) is 0 Å². The van der Waals surface area contributed by atoms with Crippen LogP contribution in [-0.2, 0) is 4.79 Å². The third-order valence-corrected chi connectivity index (χ3v) is 3.18. The van der Waals surface area contributed by atoms with Crippen molar-refractivity contribution in [3.05, 3.63) is 32.9 Å². The SMILES string of the molecule is Cc1ccc([C@@H](N)CC(=O)O)cc1I. The molecule has 0 aliphatic carbocycles. The zero-order chi connectivity index (χ0) is 10.7. The summed E-state index contributed by atoms with van der Waals surface area (Å²) >= 11 is 2.21. The third kappa shape index (κ3) is 2.95. The summed E-state index contributed by atoms with van der Waals surface area (Å²) in [6.45, 7) is 2.01. The Bertz CT molecular complexity index is 352. The molecule has 1 aromatic carbocycles. The molecule has 0 saturated heterocycles. The molecule has 0 aliphatic rings. The number of benzene rings is 1. The zero-order valence-electron chi connectivity index (χ0n) is 7.83. The summed E-state index contributed by atoms with van der Waals surface area (Å²) in [6, 6.07) is 5.36. The maximum atomic E-state index is 10.5. The number of aryl methyl sites for hydroxylation is 1. The molecule has 0 radical (unpaired) electrons. The van der Waals surface area contributed by atoms with Crippen molar-refractivity contribution in [2.24, 2.45) is 5.73 Å². The minimum Gasteiger partial charge on any atom is -0.481 e. The van der Waals surface area contributed by atoms with Gasteiger partial charge in [0.25, 0.3) is 0 Å². The Morgan fingerprint density at radius 2 is 2.29 bits per heavy atom. The van der Waals surface area contributed by atoms with Gasteiger partial charge in [0.15, 0.2) is 0 Å². The van der Waals surface area contributed by atoms with Gasteiger partial charge in [-0.15, -0.1) is 0 Å². The molecule has 0 aromatic heterocycles. The fourth-order valence-electron chi connectivity index (χ4n) is 1.15. The lowest BCUT2D eigenvalue weighted by Gasteiger charge is -2.10. The lowest BCUT2D eigenvalue weighted by Crippen LogP contribution is -2.15. The summed E-state index contributed by atoms with van der Waals surface area (Å²) < 4.78 is 1.11. The number of carbonyl (C=O) groups is 1. The second-order valence-corrected chi connectivity index (χ2v) is 4.38. The van der Waals surface area contributed by atoms with Gasteiger partial charge < -0.3 is 10.8 Å². The van der Waals surface area contributed by atoms with Crippen LogP contribution in [0.2, 0.25) is 0 Å². The van der Waals surface area contributed by atoms with Crippen molar-refractivity contribution in [3.63, 3.8) is 0 Å². The summed E-state index contributed by atoms with van der Waals surface area (Å²) in [7, 11) is 0. The molecule has 1 aromatic rings. The number of aliphatic carboxylic acids is 1. The molecule has 0 spiro atoms. The van der Waals surface area contributed by atoms with Crippen molar-refractivity contribution < 1.29 is 9.90 Å². The number of nitrogens with two attached hydrogens (primary N) is 1. The van der Waals surface area contributed by atoms with Crippen molar-refractivity contribution in [3.8, 4) is 0 Å². The summed E-state index contributed by atoms with van der Waals surface area (Å²) in [5.41, 5.74) is 7.79. The number of carboxylic acid groups (broad SMARTS) is 1. The largest absolute Gasteiger partial charge is 0.481 e. The molecular formula is C10H12INO2. The van der Waals surface area contributed by atoms with Crippen LogP contribution in [0.3, 0.4) is 0 Å². The highest BCUT2D eigenvalue weighted by molar-refractivity contribution is 14.1. The first-order valence-electron chi connectivity index (χ1n) is 4.24. The van der Waals surface area contributed by atoms with Gasteiger partial charge in [0.05, 0.1) is 6.42 Å². The van der Waals surface area contributed by atoms with Crippen molar-refractivity contribution in [2.75, 3.05) is 0 Å². The van der Waals surface area contributed by atoms with Crippen LogP contribution in [0.15, 0.2) is 18.2 Å². The Balaban J connectivity index is 2.85. The molecule has 0 amide bonds. The van der Waals surface area contributed by atoms with E-state index in [1.165, 1.54) is 5.56 Å². The van der Waals surface area contributed by atoms with Gasteiger partial charge in [-0.2, -0.15) is 0 Å². The highest BCUT2D eigenvalue weighted by atomic mass is 127. The van der Waals surface area contributed by atoms with E-state index in [9.17, 15) is 4.79 Å². The Morgan fingerprint density at radius 1 is 1.64 bits per heavy atom. The van der Waals surface area contributed by atoms with E-state index < -0.39 is 12.0 Å². The fourth-order valence-corrected chi connectivity index (χ4v) is 1.69. The Morgan fingerprint density at radius 3 is 2.79 bits per heavy atom. The van der Waals surface area contributed by atoms with Crippen LogP contribution >= 0.6 is 22.6 Å². The molecule has 1 rings (SSSR count). The smallest absolute Gasteiger partial charge is 0.305 e. The van der Waals surface area contributed by atoms with Gasteiger partial charge in [-0.1, -0.05) is 12.1 Å². The van der Waals surface area contributed by atoms with Crippen molar-refractivity contribution >= 4 is 28.6 Å². The molecule has 3 nitrogen and oxygen atoms in total. The van der Waals surface area contributed by atoms with E-state index in [2.05, 4.69) is 22.6 Å². The number of halogens is 1. The second kappa shape index (κ2) is 4.75. The van der Waals surface area contributed by atoms with Gasteiger partial charge in [-0.25, -0.2) is 0 Å². The number of hydrogen-bond donors (Lipinski definition) is 2. The molecule has 0 fully saturated rings. The van der Waals surface area contributed by atoms with Gasteiger partial charge in [0.2, 0.25) is 0 Å². The minimum absolute atomic E-state index is 0.0286. The van der Waals surface area contributed by atoms with Gasteiger partial charge in [0.1, 0.15) is 0 Å². The van der Waals surface area contributed by atoms with E-state index in [0.717, 1.165) is 9.13 Å². The molecule has 1 atom stereocenters. The summed E-state index contributed by atoms with van der Waals surface area (Å²) in [5, 5.41) is 8.59. The molecule has 3 N–H and O–H groups in total. The highest BCUT2D eigenvalue weighted by Crippen LogP contribution is 2.19. The van der Waals surface area contributed by atoms with Gasteiger partial charge in [-0.3, -0.25) is 4.79 Å². The van der Waals surface area contributed by atoms with E-state index >= 15 is 0 Å². The first kappa shape index (κ1) is 11.5. The Labute approximate surface area is 96.4 Å². The third-order valence-electron chi connectivity index (χ3n) is 2.02. The minimum atomic E-state index is -0.868. The predicted octanol–water partition coefficient (Wildman–Crippen LogP) is 2.07. The van der Waals surface area contributed by atoms with E-state index in [0.29, 0.717) is 0 Å². The number of rotatable bonds is 3. The van der Waals surface area contributed by atoms with Crippen LogP contribution in [0.5, 0.6) is 0 Å². The monoisotopic (exact) mass is 305 g/mol. The first-order valence-corrected chi connectivity index (χ1v) is 5.32. The number of carboxylic acids is 1. The number of hydrogen-bond acceptors (Lipinski definition) is 2. The van der Waals surface area contributed by atoms with Crippen LogP contribution in [-0.4, -0.2) is 11.1 Å². The second-order valence-electron chi connectivity index (χ2n) is 3.21. The van der Waals surface area contributed by atoms with E-state index in [1.54, 1.807) is 0 Å². The molecular weight excluding hydrogens is 293 g/mol. The van der Waals surface area contributed by atoms with E-state index in [4.69, 9.17) is 10.8 Å². The molecule has 0 bridgehead atoms. The molecule has 0 heterocycles. The first-order chi connectivity index (χ1) is 6.50. The van der Waals surface area contributed by atoms with Gasteiger partial charge in [0, 0.05) is 9.61 Å². The topological polar surface area (TPSA) is 63.3 Å². The molecule has 0 saturated carbocycles. The normalized spacial score (nSPS) is 12.5. The van der Waals surface area contributed by atoms with Crippen LogP contribution in [0, 0.1) is 10.5 Å². The molecule has 0 unspecified atom stereocenters. The maximum absolute atomic E-state index is 10.5. The average Bonchev–Trinajstić information content (AvgIpc) is 2.08. The van der Waals surface area contributed by atoms with Crippen LogP contribution < -0.4 is 5.73 Å². The zero-order valence-corrected chi connectivity index (χ0v) is 9.98. The molecule has 0 aliphatic heterocycles. The summed E-state index contributed by atoms with van der Waals surface area (Å²) in [4.78, 5) is 10.5. The molecule has 76 valence electrons.